The van der Waals surface area contributed by atoms with Crippen molar-refractivity contribution < 1.29 is 4.39 Å². The van der Waals surface area contributed by atoms with E-state index in [1.54, 1.807) is 31.2 Å². The van der Waals surface area contributed by atoms with Gasteiger partial charge in [0.15, 0.2) is 11.0 Å². The first kappa shape index (κ1) is 10.8. The van der Waals surface area contributed by atoms with Crippen LogP contribution >= 0.6 is 11.6 Å². The molecule has 82 valence electrons. The molecule has 0 aliphatic rings. The van der Waals surface area contributed by atoms with Crippen molar-refractivity contribution in [2.24, 2.45) is 0 Å². The predicted octanol–water partition coefficient (Wildman–Crippen LogP) is 3.32. The van der Waals surface area contributed by atoms with Crippen molar-refractivity contribution in [2.45, 2.75) is 6.92 Å². The normalized spacial score (nSPS) is 10.2. The van der Waals surface area contributed by atoms with Gasteiger partial charge in [-0.15, -0.1) is 10.2 Å². The molecule has 0 atom stereocenters. The third kappa shape index (κ3) is 2.46. The van der Waals surface area contributed by atoms with E-state index in [2.05, 4.69) is 15.5 Å². The lowest BCUT2D eigenvalue weighted by atomic mass is 10.2. The van der Waals surface area contributed by atoms with Crippen LogP contribution in [0.1, 0.15) is 5.56 Å². The average molecular weight is 238 g/mol. The van der Waals surface area contributed by atoms with Gasteiger partial charge in [-0.1, -0.05) is 17.7 Å². The molecule has 0 amide bonds. The highest BCUT2D eigenvalue weighted by Crippen LogP contribution is 2.17. The number of aromatic nitrogens is 2. The molecule has 1 heterocycles. The van der Waals surface area contributed by atoms with Gasteiger partial charge < -0.3 is 5.32 Å². The van der Waals surface area contributed by atoms with Crippen LogP contribution in [0.2, 0.25) is 5.15 Å². The fourth-order valence-corrected chi connectivity index (χ4v) is 1.30. The summed E-state index contributed by atoms with van der Waals surface area (Å²) in [6.45, 7) is 1.71. The summed E-state index contributed by atoms with van der Waals surface area (Å²) >= 11 is 5.60. The van der Waals surface area contributed by atoms with Crippen molar-refractivity contribution in [3.8, 4) is 0 Å². The van der Waals surface area contributed by atoms with Crippen molar-refractivity contribution in [2.75, 3.05) is 5.32 Å². The molecule has 1 aromatic heterocycles. The van der Waals surface area contributed by atoms with Crippen LogP contribution < -0.4 is 5.32 Å². The molecule has 0 saturated heterocycles. The minimum atomic E-state index is -0.257. The first-order chi connectivity index (χ1) is 7.65. The standard InChI is InChI=1S/C11H9ClFN3/c1-7-2-3-8(6-9(7)13)14-11-5-4-10(12)15-16-11/h2-6H,1H3,(H,14,16). The maximum Gasteiger partial charge on any atom is 0.153 e. The Hall–Kier alpha value is -1.68. The van der Waals surface area contributed by atoms with E-state index in [1.807, 2.05) is 0 Å². The monoisotopic (exact) mass is 237 g/mol. The first-order valence-electron chi connectivity index (χ1n) is 4.67. The first-order valence-corrected chi connectivity index (χ1v) is 5.05. The van der Waals surface area contributed by atoms with Gasteiger partial charge in [0.05, 0.1) is 0 Å². The summed E-state index contributed by atoms with van der Waals surface area (Å²) in [6.07, 6.45) is 0. The molecule has 3 nitrogen and oxygen atoms in total. The second-order valence-corrected chi connectivity index (χ2v) is 3.72. The lowest BCUT2D eigenvalue weighted by Gasteiger charge is -2.05. The summed E-state index contributed by atoms with van der Waals surface area (Å²) in [4.78, 5) is 0. The van der Waals surface area contributed by atoms with Crippen LogP contribution in [-0.2, 0) is 0 Å². The Morgan fingerprint density at radius 1 is 1.19 bits per heavy atom. The van der Waals surface area contributed by atoms with Crippen LogP contribution in [0, 0.1) is 12.7 Å². The van der Waals surface area contributed by atoms with E-state index < -0.39 is 0 Å². The molecule has 0 radical (unpaired) electrons. The van der Waals surface area contributed by atoms with Gasteiger partial charge >= 0.3 is 0 Å². The van der Waals surface area contributed by atoms with Crippen LogP contribution in [0.25, 0.3) is 0 Å². The molecule has 2 rings (SSSR count). The summed E-state index contributed by atoms with van der Waals surface area (Å²) in [5.74, 6) is 0.263. The average Bonchev–Trinajstić information content (AvgIpc) is 2.27. The molecule has 0 fully saturated rings. The minimum Gasteiger partial charge on any atom is -0.339 e. The highest BCUT2D eigenvalue weighted by Gasteiger charge is 2.01. The smallest absolute Gasteiger partial charge is 0.153 e. The number of halogens is 2. The Balaban J connectivity index is 2.20. The highest BCUT2D eigenvalue weighted by atomic mass is 35.5. The number of benzene rings is 1. The van der Waals surface area contributed by atoms with Crippen LogP contribution in [-0.4, -0.2) is 10.2 Å². The summed E-state index contributed by atoms with van der Waals surface area (Å²) in [6, 6.07) is 8.16. The SMILES string of the molecule is Cc1ccc(Nc2ccc(Cl)nn2)cc1F. The Labute approximate surface area is 97.3 Å². The fourth-order valence-electron chi connectivity index (χ4n) is 1.20. The zero-order chi connectivity index (χ0) is 11.5. The molecule has 0 unspecified atom stereocenters. The van der Waals surface area contributed by atoms with Crippen molar-refractivity contribution in [1.29, 1.82) is 0 Å². The number of hydrogen-bond donors (Lipinski definition) is 1. The van der Waals surface area contributed by atoms with Gasteiger partial charge in [0.25, 0.3) is 0 Å². The maximum absolute atomic E-state index is 13.2. The van der Waals surface area contributed by atoms with Crippen molar-refractivity contribution >= 4 is 23.1 Å². The molecule has 0 spiro atoms. The molecule has 0 saturated carbocycles. The Morgan fingerprint density at radius 3 is 2.62 bits per heavy atom. The number of nitrogens with one attached hydrogen (secondary N) is 1. The van der Waals surface area contributed by atoms with E-state index >= 15 is 0 Å². The molecule has 0 aliphatic heterocycles. The number of hydrogen-bond acceptors (Lipinski definition) is 3. The molecule has 0 bridgehead atoms. The van der Waals surface area contributed by atoms with Gasteiger partial charge in [-0.2, -0.15) is 0 Å². The fraction of sp³-hybridized carbons (Fsp3) is 0.0909. The van der Waals surface area contributed by atoms with Crippen molar-refractivity contribution in [1.82, 2.24) is 10.2 Å². The molecular weight excluding hydrogens is 229 g/mol. The van der Waals surface area contributed by atoms with E-state index in [9.17, 15) is 4.39 Å². The van der Waals surface area contributed by atoms with Gasteiger partial charge in [-0.25, -0.2) is 4.39 Å². The van der Waals surface area contributed by atoms with Crippen molar-refractivity contribution in [3.05, 3.63) is 46.9 Å². The zero-order valence-corrected chi connectivity index (χ0v) is 9.29. The van der Waals surface area contributed by atoms with Gasteiger partial charge in [0.2, 0.25) is 0 Å². The Kier molecular flexibility index (Phi) is 3.01. The third-order valence-corrected chi connectivity index (χ3v) is 2.28. The molecule has 2 aromatic rings. The van der Waals surface area contributed by atoms with Crippen LogP contribution in [0.4, 0.5) is 15.9 Å². The molecule has 1 N–H and O–H groups in total. The second-order valence-electron chi connectivity index (χ2n) is 3.33. The van der Waals surface area contributed by atoms with Gasteiger partial charge in [0.1, 0.15) is 5.82 Å². The summed E-state index contributed by atoms with van der Waals surface area (Å²) in [7, 11) is 0. The molecule has 16 heavy (non-hydrogen) atoms. The van der Waals surface area contributed by atoms with Gasteiger partial charge in [-0.05, 0) is 36.8 Å². The Morgan fingerprint density at radius 2 is 2.00 bits per heavy atom. The van der Waals surface area contributed by atoms with E-state index in [0.717, 1.165) is 0 Å². The summed E-state index contributed by atoms with van der Waals surface area (Å²) < 4.78 is 13.2. The van der Waals surface area contributed by atoms with Crippen LogP contribution in [0.5, 0.6) is 0 Å². The Bertz CT molecular complexity index is 499. The topological polar surface area (TPSA) is 37.8 Å². The number of aryl methyl sites for hydroxylation is 1. The molecule has 0 aliphatic carbocycles. The zero-order valence-electron chi connectivity index (χ0n) is 8.54. The van der Waals surface area contributed by atoms with E-state index in [1.165, 1.54) is 6.07 Å². The van der Waals surface area contributed by atoms with E-state index in [0.29, 0.717) is 22.2 Å². The highest BCUT2D eigenvalue weighted by molar-refractivity contribution is 6.29. The number of anilines is 2. The molecule has 1 aromatic carbocycles. The van der Waals surface area contributed by atoms with Crippen LogP contribution in [0.3, 0.4) is 0 Å². The lowest BCUT2D eigenvalue weighted by molar-refractivity contribution is 0.619. The maximum atomic E-state index is 13.2. The summed E-state index contributed by atoms with van der Waals surface area (Å²) in [5, 5.41) is 10.7. The third-order valence-electron chi connectivity index (χ3n) is 2.08. The largest absolute Gasteiger partial charge is 0.339 e. The molecular formula is C11H9ClFN3. The second kappa shape index (κ2) is 4.45. The van der Waals surface area contributed by atoms with E-state index in [4.69, 9.17) is 11.6 Å². The predicted molar refractivity (Wildman–Crippen MR) is 61.5 cm³/mol. The van der Waals surface area contributed by atoms with E-state index in [-0.39, 0.29) is 5.82 Å². The van der Waals surface area contributed by atoms with Crippen molar-refractivity contribution in [3.63, 3.8) is 0 Å². The summed E-state index contributed by atoms with van der Waals surface area (Å²) in [5.41, 5.74) is 1.23. The number of nitrogens with zero attached hydrogens (tertiary/aromatic N) is 2. The molecule has 5 heteroatoms. The van der Waals surface area contributed by atoms with Crippen LogP contribution in [0.15, 0.2) is 30.3 Å². The quantitative estimate of drug-likeness (QED) is 0.871. The van der Waals surface area contributed by atoms with Gasteiger partial charge in [0, 0.05) is 5.69 Å². The minimum absolute atomic E-state index is 0.257. The lowest BCUT2D eigenvalue weighted by Crippen LogP contribution is -1.96. The van der Waals surface area contributed by atoms with Gasteiger partial charge in [-0.3, -0.25) is 0 Å². The number of rotatable bonds is 2.